The smallest absolute Gasteiger partial charge is 0.427 e. The minimum absolute atomic E-state index is 0.250. The van der Waals surface area contributed by atoms with Gasteiger partial charge in [0.25, 0.3) is 0 Å². The van der Waals surface area contributed by atoms with Gasteiger partial charge in [-0.1, -0.05) is 12.1 Å². The maximum atomic E-state index is 11.0. The van der Waals surface area contributed by atoms with Crippen molar-refractivity contribution in [2.24, 2.45) is 5.10 Å². The molecule has 0 aliphatic heterocycles. The van der Waals surface area contributed by atoms with E-state index in [4.69, 9.17) is 9.84 Å². The first-order valence-corrected chi connectivity index (χ1v) is 5.53. The molecule has 1 aromatic carbocycles. The Bertz CT molecular complexity index is 473. The summed E-state index contributed by atoms with van der Waals surface area (Å²) in [6.07, 6.45) is 0.677. The number of para-hydroxylation sites is 1. The van der Waals surface area contributed by atoms with Gasteiger partial charge in [0.2, 0.25) is 0 Å². The van der Waals surface area contributed by atoms with Crippen LogP contribution >= 0.6 is 0 Å². The van der Waals surface area contributed by atoms with E-state index in [0.29, 0.717) is 11.3 Å². The highest BCUT2D eigenvalue weighted by molar-refractivity contribution is 5.84. The van der Waals surface area contributed by atoms with E-state index in [2.05, 4.69) is 15.3 Å². The molecule has 0 aliphatic rings. The van der Waals surface area contributed by atoms with Gasteiger partial charge in [0, 0.05) is 5.56 Å². The molecule has 0 heterocycles. The number of nitrogens with zero attached hydrogens (tertiary/aromatic N) is 1. The van der Waals surface area contributed by atoms with Gasteiger partial charge in [0.15, 0.2) is 6.61 Å². The zero-order valence-electron chi connectivity index (χ0n) is 10.3. The number of ether oxygens (including phenoxy) is 2. The molecule has 102 valence electrons. The Kier molecular flexibility index (Phi) is 5.87. The van der Waals surface area contributed by atoms with Crippen LogP contribution in [0.2, 0.25) is 0 Å². The van der Waals surface area contributed by atoms with Crippen LogP contribution in [-0.2, 0) is 9.53 Å². The number of carbonyl (C=O) groups excluding carboxylic acids is 1. The van der Waals surface area contributed by atoms with Gasteiger partial charge in [-0.3, -0.25) is 0 Å². The Morgan fingerprint density at radius 1 is 1.42 bits per heavy atom. The quantitative estimate of drug-likeness (QED) is 0.596. The van der Waals surface area contributed by atoms with Crippen LogP contribution < -0.4 is 10.2 Å². The van der Waals surface area contributed by atoms with Gasteiger partial charge in [0.1, 0.15) is 5.75 Å². The number of amides is 1. The SMILES string of the molecule is CCOC(=O)N/N=C\c1ccccc1OCC(=O)O. The van der Waals surface area contributed by atoms with E-state index >= 15 is 0 Å². The fourth-order valence-electron chi connectivity index (χ4n) is 1.18. The summed E-state index contributed by atoms with van der Waals surface area (Å²) in [6, 6.07) is 6.72. The average molecular weight is 266 g/mol. The van der Waals surface area contributed by atoms with Crippen molar-refractivity contribution in [3.05, 3.63) is 29.8 Å². The van der Waals surface area contributed by atoms with Crippen molar-refractivity contribution in [3.63, 3.8) is 0 Å². The standard InChI is InChI=1S/C12H14N2O5/c1-2-18-12(17)14-13-7-9-5-3-4-6-10(9)19-8-11(15)16/h3-7H,2,8H2,1H3,(H,14,17)(H,15,16)/b13-7-. The summed E-state index contributed by atoms with van der Waals surface area (Å²) in [4.78, 5) is 21.4. The van der Waals surface area contributed by atoms with Crippen molar-refractivity contribution in [1.29, 1.82) is 0 Å². The van der Waals surface area contributed by atoms with Gasteiger partial charge in [-0.2, -0.15) is 5.10 Å². The Balaban J connectivity index is 2.64. The lowest BCUT2D eigenvalue weighted by molar-refractivity contribution is -0.139. The van der Waals surface area contributed by atoms with Gasteiger partial charge in [0.05, 0.1) is 12.8 Å². The molecule has 0 unspecified atom stereocenters. The molecule has 0 atom stereocenters. The largest absolute Gasteiger partial charge is 0.481 e. The summed E-state index contributed by atoms with van der Waals surface area (Å²) in [7, 11) is 0. The fourth-order valence-corrected chi connectivity index (χ4v) is 1.18. The van der Waals surface area contributed by atoms with Crippen LogP contribution in [0.25, 0.3) is 0 Å². The van der Waals surface area contributed by atoms with Crippen LogP contribution in [0.4, 0.5) is 4.79 Å². The number of carboxylic acids is 1. The Labute approximate surface area is 109 Å². The minimum Gasteiger partial charge on any atom is -0.481 e. The van der Waals surface area contributed by atoms with Crippen molar-refractivity contribution < 1.29 is 24.2 Å². The van der Waals surface area contributed by atoms with E-state index in [1.807, 2.05) is 0 Å². The summed E-state index contributed by atoms with van der Waals surface area (Å²) in [5, 5.41) is 12.2. The van der Waals surface area contributed by atoms with Crippen LogP contribution in [0.15, 0.2) is 29.4 Å². The summed E-state index contributed by atoms with van der Waals surface area (Å²) >= 11 is 0. The molecule has 0 radical (unpaired) electrons. The van der Waals surface area contributed by atoms with E-state index in [1.165, 1.54) is 6.21 Å². The molecule has 1 amide bonds. The van der Waals surface area contributed by atoms with Crippen LogP contribution in [0.1, 0.15) is 12.5 Å². The van der Waals surface area contributed by atoms with Crippen molar-refractivity contribution >= 4 is 18.3 Å². The van der Waals surface area contributed by atoms with Crippen LogP contribution in [0.5, 0.6) is 5.75 Å². The van der Waals surface area contributed by atoms with Crippen molar-refractivity contribution in [3.8, 4) is 5.75 Å². The second-order valence-electron chi connectivity index (χ2n) is 3.31. The first-order valence-electron chi connectivity index (χ1n) is 5.53. The van der Waals surface area contributed by atoms with Gasteiger partial charge < -0.3 is 14.6 Å². The normalized spacial score (nSPS) is 10.2. The second kappa shape index (κ2) is 7.70. The Morgan fingerprint density at radius 2 is 2.16 bits per heavy atom. The molecular formula is C12H14N2O5. The monoisotopic (exact) mass is 266 g/mol. The molecule has 0 spiro atoms. The third kappa shape index (κ3) is 5.53. The first-order chi connectivity index (χ1) is 9.13. The van der Waals surface area contributed by atoms with Crippen molar-refractivity contribution in [2.75, 3.05) is 13.2 Å². The molecule has 0 aliphatic carbocycles. The molecule has 0 fully saturated rings. The highest BCUT2D eigenvalue weighted by Crippen LogP contribution is 2.15. The number of hydrogen-bond donors (Lipinski definition) is 2. The average Bonchev–Trinajstić information content (AvgIpc) is 2.38. The molecule has 19 heavy (non-hydrogen) atoms. The van der Waals surface area contributed by atoms with Crippen molar-refractivity contribution in [2.45, 2.75) is 6.92 Å². The number of benzene rings is 1. The van der Waals surface area contributed by atoms with Crippen LogP contribution in [0, 0.1) is 0 Å². The number of carboxylic acid groups (broad SMARTS) is 1. The highest BCUT2D eigenvalue weighted by atomic mass is 16.5. The van der Waals surface area contributed by atoms with Crippen LogP contribution in [0.3, 0.4) is 0 Å². The van der Waals surface area contributed by atoms with Gasteiger partial charge in [-0.05, 0) is 19.1 Å². The lowest BCUT2D eigenvalue weighted by Gasteiger charge is -2.06. The second-order valence-corrected chi connectivity index (χ2v) is 3.31. The maximum Gasteiger partial charge on any atom is 0.427 e. The molecule has 0 bridgehead atoms. The highest BCUT2D eigenvalue weighted by Gasteiger charge is 2.03. The fraction of sp³-hybridized carbons (Fsp3) is 0.250. The number of hydrazone groups is 1. The molecule has 7 heteroatoms. The van der Waals surface area contributed by atoms with E-state index in [1.54, 1.807) is 31.2 Å². The van der Waals surface area contributed by atoms with Gasteiger partial charge in [-0.25, -0.2) is 15.0 Å². The van der Waals surface area contributed by atoms with E-state index in [9.17, 15) is 9.59 Å². The van der Waals surface area contributed by atoms with Crippen molar-refractivity contribution in [1.82, 2.24) is 5.43 Å². The number of nitrogens with one attached hydrogen (secondary N) is 1. The lowest BCUT2D eigenvalue weighted by atomic mass is 10.2. The molecule has 0 saturated heterocycles. The predicted molar refractivity (Wildman–Crippen MR) is 67.3 cm³/mol. The Morgan fingerprint density at radius 3 is 2.84 bits per heavy atom. The summed E-state index contributed by atoms with van der Waals surface area (Å²) in [5.41, 5.74) is 2.70. The molecule has 0 aromatic heterocycles. The number of carbonyl (C=O) groups is 2. The molecule has 1 aromatic rings. The molecular weight excluding hydrogens is 252 g/mol. The number of aliphatic carboxylic acids is 1. The summed E-state index contributed by atoms with van der Waals surface area (Å²) in [5.74, 6) is -0.712. The van der Waals surface area contributed by atoms with Gasteiger partial charge >= 0.3 is 12.1 Å². The minimum atomic E-state index is -1.07. The van der Waals surface area contributed by atoms with E-state index in [0.717, 1.165) is 0 Å². The van der Waals surface area contributed by atoms with E-state index < -0.39 is 18.7 Å². The zero-order chi connectivity index (χ0) is 14.1. The number of hydrogen-bond acceptors (Lipinski definition) is 5. The first kappa shape index (κ1) is 14.5. The summed E-state index contributed by atoms with van der Waals surface area (Å²) < 4.78 is 9.69. The molecule has 0 saturated carbocycles. The lowest BCUT2D eigenvalue weighted by Crippen LogP contribution is -2.18. The maximum absolute atomic E-state index is 11.0. The third-order valence-electron chi connectivity index (χ3n) is 1.91. The van der Waals surface area contributed by atoms with Crippen LogP contribution in [-0.4, -0.2) is 36.6 Å². The molecule has 7 nitrogen and oxygen atoms in total. The van der Waals surface area contributed by atoms with E-state index in [-0.39, 0.29) is 6.61 Å². The summed E-state index contributed by atoms with van der Waals surface area (Å²) in [6.45, 7) is 1.48. The molecule has 2 N–H and O–H groups in total. The zero-order valence-corrected chi connectivity index (χ0v) is 10.3. The Hall–Kier alpha value is -2.57. The predicted octanol–water partition coefficient (Wildman–Crippen LogP) is 1.23. The topological polar surface area (TPSA) is 97.2 Å². The van der Waals surface area contributed by atoms with Gasteiger partial charge in [-0.15, -0.1) is 0 Å². The molecule has 1 rings (SSSR count). The number of rotatable bonds is 6. The third-order valence-corrected chi connectivity index (χ3v) is 1.91.